The van der Waals surface area contributed by atoms with Gasteiger partial charge in [-0.05, 0) is 12.1 Å². The molecule has 2 heterocycles. The van der Waals surface area contributed by atoms with Gasteiger partial charge in [-0.1, -0.05) is 41.0 Å². The molecule has 12 heteroatoms. The summed E-state index contributed by atoms with van der Waals surface area (Å²) in [6, 6.07) is 5.58. The van der Waals surface area contributed by atoms with Crippen molar-refractivity contribution in [3.8, 4) is 6.07 Å². The number of allylic oxidation sites excluding steroid dienone is 1. The number of nitrogens with zero attached hydrogens (tertiary/aromatic N) is 3. The number of nitrogens with one attached hydrogen (secondary N) is 1. The van der Waals surface area contributed by atoms with Gasteiger partial charge in [0.15, 0.2) is 5.69 Å². The topological polar surface area (TPSA) is 70.7 Å². The molecule has 0 amide bonds. The molecule has 150 valence electrons. The molecule has 0 fully saturated rings. The predicted molar refractivity (Wildman–Crippen MR) is 100 cm³/mol. The maximum absolute atomic E-state index is 14.1. The zero-order valence-electron chi connectivity index (χ0n) is 14.2. The molecule has 0 aliphatic carbocycles. The standard InChI is InChI=1S/C17H8Cl2F4N4OS/c1-27-15(19)12(14(26-27)17(21,22)23)13(28)7(5-24)16-25-10(6-29-16)11-8(18)3-2-4-9(11)20/h2-4,6,25H,1H3. The number of carbonyl (C=O) groups excluding carboxylic acids is 1. The second-order valence-corrected chi connectivity index (χ2v) is 7.30. The number of aryl methyl sites for hydroxylation is 1. The fourth-order valence-electron chi connectivity index (χ4n) is 2.53. The summed E-state index contributed by atoms with van der Waals surface area (Å²) >= 11 is 12.7. The third kappa shape index (κ3) is 3.85. The molecular formula is C17H8Cl2F4N4OS. The first-order valence-corrected chi connectivity index (χ1v) is 9.26. The first-order chi connectivity index (χ1) is 13.6. The van der Waals surface area contributed by atoms with E-state index in [4.69, 9.17) is 23.2 Å². The van der Waals surface area contributed by atoms with E-state index in [9.17, 15) is 27.6 Å². The summed E-state index contributed by atoms with van der Waals surface area (Å²) in [6.07, 6.45) is -4.96. The molecular weight excluding hydrogens is 455 g/mol. The number of hydrogen-bond donors (Lipinski definition) is 1. The highest BCUT2D eigenvalue weighted by molar-refractivity contribution is 8.06. The van der Waals surface area contributed by atoms with Crippen molar-refractivity contribution in [3.05, 3.63) is 67.0 Å². The van der Waals surface area contributed by atoms with E-state index in [1.165, 1.54) is 17.5 Å². The Hall–Kier alpha value is -2.48. The summed E-state index contributed by atoms with van der Waals surface area (Å²) in [5.41, 5.74) is -2.92. The Bertz CT molecular complexity index is 1110. The average Bonchev–Trinajstić information content (AvgIpc) is 3.21. The second kappa shape index (κ2) is 7.74. The molecule has 0 unspecified atom stereocenters. The zero-order valence-corrected chi connectivity index (χ0v) is 16.6. The predicted octanol–water partition coefficient (Wildman–Crippen LogP) is 5.14. The summed E-state index contributed by atoms with van der Waals surface area (Å²) in [5, 5.41) is 16.1. The van der Waals surface area contributed by atoms with Crippen molar-refractivity contribution >= 4 is 46.4 Å². The van der Waals surface area contributed by atoms with Crippen LogP contribution in [0.25, 0.3) is 5.70 Å². The minimum absolute atomic E-state index is 0.00297. The van der Waals surface area contributed by atoms with Gasteiger partial charge < -0.3 is 5.32 Å². The molecule has 3 rings (SSSR count). The molecule has 5 nitrogen and oxygen atoms in total. The van der Waals surface area contributed by atoms with Crippen LogP contribution in [0.15, 0.2) is 34.2 Å². The number of rotatable bonds is 3. The molecule has 29 heavy (non-hydrogen) atoms. The molecule has 0 spiro atoms. The van der Waals surface area contributed by atoms with Crippen LogP contribution >= 0.6 is 35.0 Å². The molecule has 0 radical (unpaired) electrons. The largest absolute Gasteiger partial charge is 0.435 e. The first-order valence-electron chi connectivity index (χ1n) is 7.63. The fourth-order valence-corrected chi connectivity index (χ4v) is 3.85. The lowest BCUT2D eigenvalue weighted by Crippen LogP contribution is -2.16. The second-order valence-electron chi connectivity index (χ2n) is 5.65. The number of thioether (sulfide) groups is 1. The van der Waals surface area contributed by atoms with E-state index in [0.29, 0.717) is 4.68 Å². The maximum atomic E-state index is 14.1. The number of hydrogen-bond acceptors (Lipinski definition) is 5. The van der Waals surface area contributed by atoms with E-state index < -0.39 is 39.8 Å². The van der Waals surface area contributed by atoms with E-state index in [1.807, 2.05) is 0 Å². The van der Waals surface area contributed by atoms with Gasteiger partial charge in [0.05, 0.1) is 26.9 Å². The highest BCUT2D eigenvalue weighted by atomic mass is 35.5. The van der Waals surface area contributed by atoms with E-state index >= 15 is 0 Å². The minimum atomic E-state index is -4.96. The van der Waals surface area contributed by atoms with Crippen LogP contribution in [-0.4, -0.2) is 15.6 Å². The summed E-state index contributed by atoms with van der Waals surface area (Å²) < 4.78 is 54.5. The van der Waals surface area contributed by atoms with Gasteiger partial charge in [-0.3, -0.25) is 9.48 Å². The number of halogens is 6. The highest BCUT2D eigenvalue weighted by Gasteiger charge is 2.42. The Morgan fingerprint density at radius 3 is 2.62 bits per heavy atom. The van der Waals surface area contributed by atoms with E-state index in [-0.39, 0.29) is 21.3 Å². The zero-order chi connectivity index (χ0) is 21.5. The molecule has 1 N–H and O–H groups in total. The van der Waals surface area contributed by atoms with Crippen molar-refractivity contribution in [2.75, 3.05) is 0 Å². The number of carbonyl (C=O) groups is 1. The molecule has 1 aliphatic rings. The van der Waals surface area contributed by atoms with Gasteiger partial charge in [-0.2, -0.15) is 23.5 Å². The molecule has 0 saturated heterocycles. The molecule has 0 saturated carbocycles. The number of Topliss-reactive ketones (excluding diaryl/α,β-unsaturated/α-hetero) is 1. The van der Waals surface area contributed by atoms with E-state index in [0.717, 1.165) is 24.9 Å². The quantitative estimate of drug-likeness (QED) is 0.296. The molecule has 1 aromatic carbocycles. The smallest absolute Gasteiger partial charge is 0.348 e. The van der Waals surface area contributed by atoms with Crippen molar-refractivity contribution in [2.45, 2.75) is 6.18 Å². The van der Waals surface area contributed by atoms with Crippen molar-refractivity contribution in [1.29, 1.82) is 5.26 Å². The Balaban J connectivity index is 2.04. The maximum Gasteiger partial charge on any atom is 0.435 e. The van der Waals surface area contributed by atoms with Crippen molar-refractivity contribution in [3.63, 3.8) is 0 Å². The Labute approximate surface area is 175 Å². The first kappa shape index (κ1) is 21.2. The van der Waals surface area contributed by atoms with Gasteiger partial charge >= 0.3 is 6.18 Å². The van der Waals surface area contributed by atoms with Crippen LogP contribution < -0.4 is 5.32 Å². The van der Waals surface area contributed by atoms with Crippen LogP contribution in [0.2, 0.25) is 10.2 Å². The van der Waals surface area contributed by atoms with Gasteiger partial charge in [0.1, 0.15) is 22.6 Å². The van der Waals surface area contributed by atoms with Gasteiger partial charge in [-0.15, -0.1) is 0 Å². The SMILES string of the molecule is Cn1nc(C(F)(F)F)c(C(=O)C(C#N)=C2NC(c3c(F)cccc3Cl)=CS2)c1Cl. The lowest BCUT2D eigenvalue weighted by Gasteiger charge is -2.10. The summed E-state index contributed by atoms with van der Waals surface area (Å²) in [4.78, 5) is 12.7. The molecule has 0 bridgehead atoms. The average molecular weight is 463 g/mol. The van der Waals surface area contributed by atoms with Crippen LogP contribution in [0.5, 0.6) is 0 Å². The van der Waals surface area contributed by atoms with Crippen LogP contribution in [0.4, 0.5) is 17.6 Å². The third-order valence-electron chi connectivity index (χ3n) is 3.81. The van der Waals surface area contributed by atoms with Gasteiger partial charge in [0.25, 0.3) is 0 Å². The van der Waals surface area contributed by atoms with Crippen LogP contribution in [0, 0.1) is 17.1 Å². The molecule has 1 aromatic heterocycles. The van der Waals surface area contributed by atoms with Crippen LogP contribution in [0.3, 0.4) is 0 Å². The summed E-state index contributed by atoms with van der Waals surface area (Å²) in [6.45, 7) is 0. The Morgan fingerprint density at radius 1 is 1.34 bits per heavy atom. The molecule has 2 aromatic rings. The minimum Gasteiger partial charge on any atom is -0.348 e. The molecule has 0 atom stereocenters. The number of benzene rings is 1. The highest BCUT2D eigenvalue weighted by Crippen LogP contribution is 2.39. The van der Waals surface area contributed by atoms with Crippen molar-refractivity contribution < 1.29 is 22.4 Å². The summed E-state index contributed by atoms with van der Waals surface area (Å²) in [5.74, 6) is -1.92. The lowest BCUT2D eigenvalue weighted by molar-refractivity contribution is -0.141. The monoisotopic (exact) mass is 462 g/mol. The number of alkyl halides is 3. The van der Waals surface area contributed by atoms with Crippen molar-refractivity contribution in [2.24, 2.45) is 7.05 Å². The van der Waals surface area contributed by atoms with E-state index in [1.54, 1.807) is 6.07 Å². The third-order valence-corrected chi connectivity index (χ3v) is 5.46. The van der Waals surface area contributed by atoms with Crippen molar-refractivity contribution in [1.82, 2.24) is 15.1 Å². The fraction of sp³-hybridized carbons (Fsp3) is 0.118. The van der Waals surface area contributed by atoms with Gasteiger partial charge in [0.2, 0.25) is 5.78 Å². The molecule has 1 aliphatic heterocycles. The van der Waals surface area contributed by atoms with Gasteiger partial charge in [0, 0.05) is 12.5 Å². The lowest BCUT2D eigenvalue weighted by atomic mass is 10.1. The van der Waals surface area contributed by atoms with E-state index in [2.05, 4.69) is 10.4 Å². The number of aromatic nitrogens is 2. The number of ketones is 1. The van der Waals surface area contributed by atoms with Gasteiger partial charge in [-0.25, -0.2) is 4.39 Å². The number of nitriles is 1. The normalized spacial score (nSPS) is 15.6. The van der Waals surface area contributed by atoms with Crippen LogP contribution in [-0.2, 0) is 13.2 Å². The Morgan fingerprint density at radius 2 is 2.03 bits per heavy atom. The Kier molecular flexibility index (Phi) is 5.67. The summed E-state index contributed by atoms with van der Waals surface area (Å²) in [7, 11) is 1.13. The van der Waals surface area contributed by atoms with Crippen LogP contribution in [0.1, 0.15) is 21.6 Å².